The summed E-state index contributed by atoms with van der Waals surface area (Å²) in [7, 11) is 1.73. The minimum absolute atomic E-state index is 0.296. The van der Waals surface area contributed by atoms with Crippen molar-refractivity contribution in [1.29, 1.82) is 0 Å². The van der Waals surface area contributed by atoms with Crippen LogP contribution < -0.4 is 4.74 Å². The number of methoxy groups -OCH3 is 1. The number of pyridine rings is 1. The first-order valence-corrected chi connectivity index (χ1v) is 7.59. The van der Waals surface area contributed by atoms with Crippen LogP contribution in [0, 0.1) is 25.7 Å². The van der Waals surface area contributed by atoms with E-state index in [1.165, 1.54) is 18.4 Å². The molecule has 1 fully saturated rings. The fourth-order valence-corrected chi connectivity index (χ4v) is 3.52. The third-order valence-corrected chi connectivity index (χ3v) is 4.93. The zero-order valence-electron chi connectivity index (χ0n) is 12.4. The molecule has 0 saturated heterocycles. The van der Waals surface area contributed by atoms with Crippen LogP contribution in [0.4, 0.5) is 0 Å². The molecule has 1 heterocycles. The van der Waals surface area contributed by atoms with Gasteiger partial charge in [0.15, 0.2) is 0 Å². The number of aromatic nitrogens is 1. The molecule has 3 atom stereocenters. The first-order chi connectivity index (χ1) is 9.02. The quantitative estimate of drug-likeness (QED) is 0.771. The van der Waals surface area contributed by atoms with Gasteiger partial charge < -0.3 is 4.74 Å². The highest BCUT2D eigenvalue weighted by molar-refractivity contribution is 6.20. The first-order valence-electron chi connectivity index (χ1n) is 7.16. The molecule has 0 radical (unpaired) electrons. The summed E-state index contributed by atoms with van der Waals surface area (Å²) >= 11 is 6.50. The lowest BCUT2D eigenvalue weighted by molar-refractivity contribution is 0.285. The van der Waals surface area contributed by atoms with E-state index in [2.05, 4.69) is 18.8 Å². The van der Waals surface area contributed by atoms with Crippen molar-refractivity contribution >= 4 is 11.6 Å². The Morgan fingerprint density at radius 1 is 1.37 bits per heavy atom. The molecule has 2 nitrogen and oxygen atoms in total. The van der Waals surface area contributed by atoms with E-state index in [0.717, 1.165) is 35.8 Å². The molecule has 0 aliphatic heterocycles. The molecule has 1 aliphatic rings. The van der Waals surface area contributed by atoms with Crippen LogP contribution >= 0.6 is 11.6 Å². The second-order valence-corrected chi connectivity index (χ2v) is 6.51. The molecule has 0 N–H and O–H groups in total. The standard InChI is InChI=1S/C16H24ClNO/c1-10-5-6-14(17)13(7-10)8-15-12(3)16(19-4)11(2)9-18-15/h9-10,13-14H,5-8H2,1-4H3. The molecule has 0 bridgehead atoms. The third-order valence-electron chi connectivity index (χ3n) is 4.36. The second kappa shape index (κ2) is 6.13. The summed E-state index contributed by atoms with van der Waals surface area (Å²) in [6.45, 7) is 6.46. The molecule has 0 aromatic carbocycles. The van der Waals surface area contributed by atoms with Gasteiger partial charge in [-0.25, -0.2) is 0 Å². The number of hydrogen-bond acceptors (Lipinski definition) is 2. The van der Waals surface area contributed by atoms with E-state index in [4.69, 9.17) is 16.3 Å². The highest BCUT2D eigenvalue weighted by atomic mass is 35.5. The zero-order chi connectivity index (χ0) is 14.0. The normalized spacial score (nSPS) is 27.3. The fraction of sp³-hybridized carbons (Fsp3) is 0.688. The molecule has 1 aromatic rings. The first kappa shape index (κ1) is 14.6. The average molecular weight is 282 g/mol. The molecule has 19 heavy (non-hydrogen) atoms. The predicted molar refractivity (Wildman–Crippen MR) is 80.1 cm³/mol. The van der Waals surface area contributed by atoms with Gasteiger partial charge in [0, 0.05) is 28.4 Å². The molecule has 3 unspecified atom stereocenters. The Morgan fingerprint density at radius 3 is 2.79 bits per heavy atom. The van der Waals surface area contributed by atoms with Crippen molar-refractivity contribution in [2.75, 3.05) is 7.11 Å². The van der Waals surface area contributed by atoms with Gasteiger partial charge in [-0.15, -0.1) is 11.6 Å². The summed E-state index contributed by atoms with van der Waals surface area (Å²) in [5, 5.41) is 0.296. The van der Waals surface area contributed by atoms with Crippen LogP contribution in [0.25, 0.3) is 0 Å². The number of hydrogen-bond donors (Lipinski definition) is 0. The Hall–Kier alpha value is -0.760. The second-order valence-electron chi connectivity index (χ2n) is 5.94. The smallest absolute Gasteiger partial charge is 0.128 e. The summed E-state index contributed by atoms with van der Waals surface area (Å²) < 4.78 is 5.48. The van der Waals surface area contributed by atoms with E-state index in [1.54, 1.807) is 7.11 Å². The van der Waals surface area contributed by atoms with E-state index >= 15 is 0 Å². The summed E-state index contributed by atoms with van der Waals surface area (Å²) in [5.74, 6) is 2.30. The summed E-state index contributed by atoms with van der Waals surface area (Å²) in [6, 6.07) is 0. The molecule has 2 rings (SSSR count). The maximum atomic E-state index is 6.50. The van der Waals surface area contributed by atoms with Crippen molar-refractivity contribution in [3.63, 3.8) is 0 Å². The van der Waals surface area contributed by atoms with Gasteiger partial charge in [-0.1, -0.05) is 6.92 Å². The van der Waals surface area contributed by atoms with Gasteiger partial charge in [-0.2, -0.15) is 0 Å². The molecule has 3 heteroatoms. The molecule has 1 saturated carbocycles. The maximum Gasteiger partial charge on any atom is 0.128 e. The number of rotatable bonds is 3. The molecule has 0 spiro atoms. The van der Waals surface area contributed by atoms with Crippen LogP contribution in [0.5, 0.6) is 5.75 Å². The fourth-order valence-electron chi connectivity index (χ4n) is 3.20. The lowest BCUT2D eigenvalue weighted by atomic mass is 9.79. The van der Waals surface area contributed by atoms with Crippen molar-refractivity contribution < 1.29 is 4.74 Å². The topological polar surface area (TPSA) is 22.1 Å². The Labute approximate surface area is 121 Å². The van der Waals surface area contributed by atoms with Gasteiger partial charge in [-0.05, 0) is 51.4 Å². The van der Waals surface area contributed by atoms with Crippen molar-refractivity contribution in [1.82, 2.24) is 4.98 Å². The zero-order valence-corrected chi connectivity index (χ0v) is 13.1. The van der Waals surface area contributed by atoms with Crippen LogP contribution in [0.15, 0.2) is 6.20 Å². The molecular weight excluding hydrogens is 258 g/mol. The van der Waals surface area contributed by atoms with Gasteiger partial charge in [0.2, 0.25) is 0 Å². The van der Waals surface area contributed by atoms with Crippen LogP contribution in [0.1, 0.15) is 43.0 Å². The van der Waals surface area contributed by atoms with Gasteiger partial charge in [0.1, 0.15) is 5.75 Å². The molecule has 0 amide bonds. The van der Waals surface area contributed by atoms with E-state index in [-0.39, 0.29) is 0 Å². The van der Waals surface area contributed by atoms with Gasteiger partial charge >= 0.3 is 0 Å². The number of aryl methyl sites for hydroxylation is 1. The maximum absolute atomic E-state index is 6.50. The van der Waals surface area contributed by atoms with E-state index < -0.39 is 0 Å². The lowest BCUT2D eigenvalue weighted by Crippen LogP contribution is -2.26. The van der Waals surface area contributed by atoms with Crippen molar-refractivity contribution in [2.24, 2.45) is 11.8 Å². The Morgan fingerprint density at radius 2 is 2.11 bits per heavy atom. The minimum atomic E-state index is 0.296. The van der Waals surface area contributed by atoms with E-state index in [1.807, 2.05) is 13.1 Å². The van der Waals surface area contributed by atoms with Crippen LogP contribution in [-0.2, 0) is 6.42 Å². The predicted octanol–water partition coefficient (Wildman–Crippen LogP) is 4.29. The molecular formula is C16H24ClNO. The van der Waals surface area contributed by atoms with Crippen LogP contribution in [0.2, 0.25) is 0 Å². The van der Waals surface area contributed by atoms with Crippen molar-refractivity contribution in [2.45, 2.75) is 51.8 Å². The third kappa shape index (κ3) is 3.22. The highest BCUT2D eigenvalue weighted by Crippen LogP contribution is 2.35. The Kier molecular flexibility index (Phi) is 4.72. The minimum Gasteiger partial charge on any atom is -0.496 e. The number of nitrogens with zero attached hydrogens (tertiary/aromatic N) is 1. The largest absolute Gasteiger partial charge is 0.496 e. The lowest BCUT2D eigenvalue weighted by Gasteiger charge is -2.31. The SMILES string of the molecule is COc1c(C)cnc(CC2CC(C)CCC2Cl)c1C. The summed E-state index contributed by atoms with van der Waals surface area (Å²) in [5.41, 5.74) is 3.42. The van der Waals surface area contributed by atoms with Gasteiger partial charge in [0.25, 0.3) is 0 Å². The van der Waals surface area contributed by atoms with Crippen LogP contribution in [-0.4, -0.2) is 17.5 Å². The van der Waals surface area contributed by atoms with Gasteiger partial charge in [0.05, 0.1) is 7.11 Å². The van der Waals surface area contributed by atoms with E-state index in [9.17, 15) is 0 Å². The number of alkyl halides is 1. The number of ether oxygens (including phenoxy) is 1. The van der Waals surface area contributed by atoms with Crippen LogP contribution in [0.3, 0.4) is 0 Å². The highest BCUT2D eigenvalue weighted by Gasteiger charge is 2.28. The Bertz CT molecular complexity index is 447. The van der Waals surface area contributed by atoms with Gasteiger partial charge in [-0.3, -0.25) is 4.98 Å². The van der Waals surface area contributed by atoms with Crippen molar-refractivity contribution in [3.05, 3.63) is 23.0 Å². The Balaban J connectivity index is 2.19. The monoisotopic (exact) mass is 281 g/mol. The number of halogens is 1. The summed E-state index contributed by atoms with van der Waals surface area (Å²) in [4.78, 5) is 4.60. The average Bonchev–Trinajstić information content (AvgIpc) is 2.38. The van der Waals surface area contributed by atoms with Crippen molar-refractivity contribution in [3.8, 4) is 5.75 Å². The molecule has 106 valence electrons. The summed E-state index contributed by atoms with van der Waals surface area (Å²) in [6.07, 6.45) is 6.49. The van der Waals surface area contributed by atoms with E-state index in [0.29, 0.717) is 11.3 Å². The molecule has 1 aromatic heterocycles. The molecule has 1 aliphatic carbocycles.